The van der Waals surface area contributed by atoms with E-state index in [2.05, 4.69) is 0 Å². The highest BCUT2D eigenvalue weighted by Crippen LogP contribution is 2.25. The van der Waals surface area contributed by atoms with Crippen LogP contribution in [0.5, 0.6) is 0 Å². The third-order valence-electron chi connectivity index (χ3n) is 3.35. The largest absolute Gasteiger partial charge is 0.401 e. The summed E-state index contributed by atoms with van der Waals surface area (Å²) in [6.07, 6.45) is -4.20. The highest BCUT2D eigenvalue weighted by atomic mass is 32.1. The fraction of sp³-hybridized carbons (Fsp3) is 0.462. The van der Waals surface area contributed by atoms with Crippen molar-refractivity contribution < 1.29 is 17.6 Å². The van der Waals surface area contributed by atoms with Crippen LogP contribution in [0, 0.1) is 5.82 Å². The number of hydrogen-bond acceptors (Lipinski definition) is 3. The topological polar surface area (TPSA) is 32.5 Å². The number of benzene rings is 1. The van der Waals surface area contributed by atoms with E-state index in [1.54, 1.807) is 6.07 Å². The lowest BCUT2D eigenvalue weighted by Crippen LogP contribution is -2.49. The summed E-state index contributed by atoms with van der Waals surface area (Å²) in [5, 5.41) is 0. The standard InChI is InChI=1S/C13H15F4N3S/c14-9-2-1-3-10(11(9)12(18)21)20-6-4-19(5-7-20)8-13(15,16)17/h1-3H,4-8H2,(H2,18,21). The molecule has 116 valence electrons. The predicted molar refractivity (Wildman–Crippen MR) is 77.0 cm³/mol. The molecule has 3 nitrogen and oxygen atoms in total. The van der Waals surface area contributed by atoms with Crippen LogP contribution in [0.25, 0.3) is 0 Å². The van der Waals surface area contributed by atoms with Crippen molar-refractivity contribution in [1.29, 1.82) is 0 Å². The summed E-state index contributed by atoms with van der Waals surface area (Å²) in [4.78, 5) is 3.08. The molecule has 1 aliphatic rings. The van der Waals surface area contributed by atoms with Crippen LogP contribution in [-0.4, -0.2) is 48.8 Å². The number of nitrogens with two attached hydrogens (primary N) is 1. The van der Waals surface area contributed by atoms with Crippen LogP contribution in [0.1, 0.15) is 5.56 Å². The van der Waals surface area contributed by atoms with Crippen LogP contribution in [0.15, 0.2) is 18.2 Å². The first kappa shape index (κ1) is 16.0. The van der Waals surface area contributed by atoms with Gasteiger partial charge in [0, 0.05) is 31.9 Å². The third-order valence-corrected chi connectivity index (χ3v) is 3.56. The Morgan fingerprint density at radius 2 is 1.81 bits per heavy atom. The quantitative estimate of drug-likeness (QED) is 0.683. The van der Waals surface area contributed by atoms with E-state index < -0.39 is 18.5 Å². The molecule has 8 heteroatoms. The van der Waals surface area contributed by atoms with Gasteiger partial charge in [0.2, 0.25) is 0 Å². The van der Waals surface area contributed by atoms with E-state index in [-0.39, 0.29) is 23.6 Å². The van der Waals surface area contributed by atoms with Gasteiger partial charge in [0.25, 0.3) is 0 Å². The molecular formula is C13H15F4N3S. The van der Waals surface area contributed by atoms with Crippen LogP contribution < -0.4 is 10.6 Å². The van der Waals surface area contributed by atoms with Crippen molar-refractivity contribution in [2.45, 2.75) is 6.18 Å². The Balaban J connectivity index is 2.10. The number of thiocarbonyl (C=S) groups is 1. The number of nitrogens with zero attached hydrogens (tertiary/aromatic N) is 2. The van der Waals surface area contributed by atoms with Crippen molar-refractivity contribution in [3.63, 3.8) is 0 Å². The Kier molecular flexibility index (Phi) is 4.67. The molecule has 0 saturated carbocycles. The fourth-order valence-corrected chi connectivity index (χ4v) is 2.62. The SMILES string of the molecule is NC(=S)c1c(F)cccc1N1CCN(CC(F)(F)F)CC1. The van der Waals surface area contributed by atoms with Crippen LogP contribution >= 0.6 is 12.2 Å². The van der Waals surface area contributed by atoms with Gasteiger partial charge in [-0.3, -0.25) is 4.90 Å². The van der Waals surface area contributed by atoms with Crippen LogP contribution in [0.4, 0.5) is 23.2 Å². The van der Waals surface area contributed by atoms with Gasteiger partial charge < -0.3 is 10.6 Å². The number of hydrogen-bond donors (Lipinski definition) is 1. The molecule has 1 aliphatic heterocycles. The molecule has 0 atom stereocenters. The normalized spacial score (nSPS) is 17.0. The van der Waals surface area contributed by atoms with E-state index in [0.29, 0.717) is 18.8 Å². The Labute approximate surface area is 125 Å². The third kappa shape index (κ3) is 4.04. The molecule has 21 heavy (non-hydrogen) atoms. The molecule has 1 fully saturated rings. The minimum Gasteiger partial charge on any atom is -0.389 e. The zero-order valence-corrected chi connectivity index (χ0v) is 12.0. The Morgan fingerprint density at radius 1 is 1.19 bits per heavy atom. The van der Waals surface area contributed by atoms with Crippen LogP contribution in [0.2, 0.25) is 0 Å². The molecule has 2 rings (SSSR count). The van der Waals surface area contributed by atoms with E-state index in [1.807, 2.05) is 4.90 Å². The minimum absolute atomic E-state index is 0.0548. The molecule has 1 aromatic rings. The molecule has 0 spiro atoms. The second-order valence-electron chi connectivity index (χ2n) is 4.88. The molecule has 0 radical (unpaired) electrons. The Morgan fingerprint density at radius 3 is 2.33 bits per heavy atom. The molecule has 0 bridgehead atoms. The number of piperazine rings is 1. The van der Waals surface area contributed by atoms with Gasteiger partial charge in [-0.15, -0.1) is 0 Å². The van der Waals surface area contributed by atoms with Gasteiger partial charge in [-0.05, 0) is 12.1 Å². The van der Waals surface area contributed by atoms with E-state index in [4.69, 9.17) is 18.0 Å². The van der Waals surface area contributed by atoms with Gasteiger partial charge in [0.1, 0.15) is 10.8 Å². The predicted octanol–water partition coefficient (Wildman–Crippen LogP) is 2.14. The van der Waals surface area contributed by atoms with E-state index in [0.717, 1.165) is 0 Å². The average Bonchev–Trinajstić information content (AvgIpc) is 2.37. The molecule has 0 unspecified atom stereocenters. The summed E-state index contributed by atoms with van der Waals surface area (Å²) in [6, 6.07) is 4.48. The summed E-state index contributed by atoms with van der Waals surface area (Å²) in [7, 11) is 0. The number of halogens is 4. The molecule has 1 saturated heterocycles. The van der Waals surface area contributed by atoms with Gasteiger partial charge in [-0.25, -0.2) is 4.39 Å². The van der Waals surface area contributed by atoms with Crippen molar-refractivity contribution in [2.75, 3.05) is 37.6 Å². The summed E-state index contributed by atoms with van der Waals surface area (Å²) in [6.45, 7) is 0.329. The number of rotatable bonds is 3. The second kappa shape index (κ2) is 6.15. The lowest BCUT2D eigenvalue weighted by Gasteiger charge is -2.37. The molecule has 0 aromatic heterocycles. The van der Waals surface area contributed by atoms with E-state index >= 15 is 0 Å². The maximum atomic E-state index is 13.8. The van der Waals surface area contributed by atoms with Gasteiger partial charge in [0.05, 0.1) is 12.1 Å². The Bertz CT molecular complexity index is 525. The summed E-state index contributed by atoms with van der Waals surface area (Å²) < 4.78 is 50.8. The highest BCUT2D eigenvalue weighted by molar-refractivity contribution is 7.80. The minimum atomic E-state index is -4.20. The maximum Gasteiger partial charge on any atom is 0.401 e. The maximum absolute atomic E-state index is 13.8. The first-order chi connectivity index (χ1) is 9.78. The first-order valence-corrected chi connectivity index (χ1v) is 6.81. The zero-order chi connectivity index (χ0) is 15.6. The Hall–Kier alpha value is -1.41. The summed E-state index contributed by atoms with van der Waals surface area (Å²) >= 11 is 4.85. The van der Waals surface area contributed by atoms with E-state index in [9.17, 15) is 17.6 Å². The smallest absolute Gasteiger partial charge is 0.389 e. The molecular weight excluding hydrogens is 306 g/mol. The summed E-state index contributed by atoms with van der Waals surface area (Å²) in [5.74, 6) is -0.516. The fourth-order valence-electron chi connectivity index (χ4n) is 2.42. The lowest BCUT2D eigenvalue weighted by molar-refractivity contribution is -0.146. The van der Waals surface area contributed by atoms with Crippen molar-refractivity contribution in [1.82, 2.24) is 4.90 Å². The van der Waals surface area contributed by atoms with Gasteiger partial charge in [0.15, 0.2) is 0 Å². The lowest BCUT2D eigenvalue weighted by atomic mass is 10.1. The number of anilines is 1. The summed E-state index contributed by atoms with van der Waals surface area (Å²) in [5.41, 5.74) is 6.22. The molecule has 2 N–H and O–H groups in total. The van der Waals surface area contributed by atoms with Crippen molar-refractivity contribution in [3.05, 3.63) is 29.6 Å². The first-order valence-electron chi connectivity index (χ1n) is 6.40. The van der Waals surface area contributed by atoms with Crippen molar-refractivity contribution in [3.8, 4) is 0 Å². The molecule has 0 aliphatic carbocycles. The van der Waals surface area contributed by atoms with Gasteiger partial charge in [-0.2, -0.15) is 13.2 Å². The molecule has 1 aromatic carbocycles. The number of alkyl halides is 3. The molecule has 0 amide bonds. The van der Waals surface area contributed by atoms with Gasteiger partial charge in [-0.1, -0.05) is 18.3 Å². The average molecular weight is 321 g/mol. The van der Waals surface area contributed by atoms with E-state index in [1.165, 1.54) is 17.0 Å². The van der Waals surface area contributed by atoms with Gasteiger partial charge >= 0.3 is 6.18 Å². The van der Waals surface area contributed by atoms with Crippen molar-refractivity contribution >= 4 is 22.9 Å². The zero-order valence-electron chi connectivity index (χ0n) is 11.2. The van der Waals surface area contributed by atoms with Crippen molar-refractivity contribution in [2.24, 2.45) is 5.73 Å². The highest BCUT2D eigenvalue weighted by Gasteiger charge is 2.32. The second-order valence-corrected chi connectivity index (χ2v) is 5.32. The monoisotopic (exact) mass is 321 g/mol. The van der Waals surface area contributed by atoms with Crippen LogP contribution in [0.3, 0.4) is 0 Å². The van der Waals surface area contributed by atoms with Crippen LogP contribution in [-0.2, 0) is 0 Å². The molecule has 1 heterocycles.